The first kappa shape index (κ1) is 26.3. The summed E-state index contributed by atoms with van der Waals surface area (Å²) in [5.41, 5.74) is 2.28. The minimum atomic E-state index is 0.221. The normalized spacial score (nSPS) is 19.0. The van der Waals surface area contributed by atoms with Crippen LogP contribution in [0.4, 0.5) is 0 Å². The van der Waals surface area contributed by atoms with Gasteiger partial charge in [-0.25, -0.2) is 0 Å². The van der Waals surface area contributed by atoms with Gasteiger partial charge in [0.1, 0.15) is 0 Å². The third-order valence-corrected chi connectivity index (χ3v) is 7.39. The number of benzene rings is 1. The van der Waals surface area contributed by atoms with Crippen LogP contribution in [-0.4, -0.2) is 66.8 Å². The monoisotopic (exact) mass is 495 g/mol. The van der Waals surface area contributed by atoms with E-state index in [0.717, 1.165) is 76.0 Å². The van der Waals surface area contributed by atoms with Crippen LogP contribution in [0.1, 0.15) is 69.5 Å². The molecule has 7 heteroatoms. The molecule has 1 aromatic carbocycles. The van der Waals surface area contributed by atoms with E-state index in [0.29, 0.717) is 30.0 Å². The predicted molar refractivity (Wildman–Crippen MR) is 141 cm³/mol. The van der Waals surface area contributed by atoms with Gasteiger partial charge in [-0.3, -0.25) is 14.7 Å². The summed E-state index contributed by atoms with van der Waals surface area (Å²) in [6, 6.07) is 10.6. The number of hydrogen-bond donors (Lipinski definition) is 0. The molecule has 0 N–H and O–H groups in total. The van der Waals surface area contributed by atoms with Crippen molar-refractivity contribution < 1.29 is 19.0 Å². The number of aryl methyl sites for hydroxylation is 1. The smallest absolute Gasteiger partial charge is 0.236 e. The van der Waals surface area contributed by atoms with E-state index in [-0.39, 0.29) is 12.7 Å². The average molecular weight is 496 g/mol. The van der Waals surface area contributed by atoms with Gasteiger partial charge in [0.05, 0.1) is 13.7 Å². The summed E-state index contributed by atoms with van der Waals surface area (Å²) in [5.74, 6) is 2.69. The van der Waals surface area contributed by atoms with Gasteiger partial charge in [-0.05, 0) is 67.9 Å². The quantitative estimate of drug-likeness (QED) is 0.388. The highest BCUT2D eigenvalue weighted by Gasteiger charge is 2.36. The standard InChI is InChI=1S/C29H41N3O4/c1-4-6-14-31(15-7-5-2)28(33)20-32-19-23(16-25(32)12-11-24-10-8-9-13-30-24)22-17-26(34-3)29-27(18-22)35-21-36-29/h8-10,13,17-18,23,25H,4-7,11-12,14-16,19-21H2,1-3H3. The second-order valence-electron chi connectivity index (χ2n) is 9.92. The van der Waals surface area contributed by atoms with Gasteiger partial charge in [-0.2, -0.15) is 0 Å². The molecule has 0 radical (unpaired) electrons. The van der Waals surface area contributed by atoms with Crippen LogP contribution in [0.15, 0.2) is 36.5 Å². The largest absolute Gasteiger partial charge is 0.493 e. The molecule has 1 amide bonds. The molecule has 1 aromatic heterocycles. The second-order valence-corrected chi connectivity index (χ2v) is 9.92. The Labute approximate surface area is 215 Å². The van der Waals surface area contributed by atoms with Crippen molar-refractivity contribution in [3.63, 3.8) is 0 Å². The maximum atomic E-state index is 13.4. The molecular formula is C29H41N3O4. The van der Waals surface area contributed by atoms with Crippen LogP contribution >= 0.6 is 0 Å². The van der Waals surface area contributed by atoms with Gasteiger partial charge >= 0.3 is 0 Å². The number of hydrogen-bond acceptors (Lipinski definition) is 6. The number of methoxy groups -OCH3 is 1. The third-order valence-electron chi connectivity index (χ3n) is 7.39. The Hall–Kier alpha value is -2.80. The molecule has 2 unspecified atom stereocenters. The highest BCUT2D eigenvalue weighted by molar-refractivity contribution is 5.78. The first-order valence-electron chi connectivity index (χ1n) is 13.5. The van der Waals surface area contributed by atoms with Crippen LogP contribution in [0.2, 0.25) is 0 Å². The summed E-state index contributed by atoms with van der Waals surface area (Å²) in [6.45, 7) is 7.60. The summed E-state index contributed by atoms with van der Waals surface area (Å²) >= 11 is 0. The van der Waals surface area contributed by atoms with Gasteiger partial charge in [0.2, 0.25) is 18.4 Å². The fourth-order valence-corrected chi connectivity index (χ4v) is 5.30. The van der Waals surface area contributed by atoms with Crippen LogP contribution in [0, 0.1) is 0 Å². The molecule has 0 saturated carbocycles. The topological polar surface area (TPSA) is 64.1 Å². The molecule has 1 saturated heterocycles. The van der Waals surface area contributed by atoms with E-state index < -0.39 is 0 Å². The molecule has 2 aliphatic rings. The number of carbonyl (C=O) groups is 1. The van der Waals surface area contributed by atoms with E-state index in [9.17, 15) is 4.79 Å². The van der Waals surface area contributed by atoms with Crippen molar-refractivity contribution in [1.82, 2.24) is 14.8 Å². The minimum absolute atomic E-state index is 0.221. The lowest BCUT2D eigenvalue weighted by Crippen LogP contribution is -2.43. The minimum Gasteiger partial charge on any atom is -0.493 e. The van der Waals surface area contributed by atoms with Gasteiger partial charge < -0.3 is 19.1 Å². The SMILES string of the molecule is CCCCN(CCCC)C(=O)CN1CC(c2cc(OC)c3c(c2)OCO3)CC1CCc1ccccn1. The number of nitrogens with zero attached hydrogens (tertiary/aromatic N) is 3. The number of fused-ring (bicyclic) bond motifs is 1. The molecule has 0 spiro atoms. The van der Waals surface area contributed by atoms with E-state index in [2.05, 4.69) is 46.8 Å². The summed E-state index contributed by atoms with van der Waals surface area (Å²) < 4.78 is 16.9. The molecule has 2 aliphatic heterocycles. The summed E-state index contributed by atoms with van der Waals surface area (Å²) in [7, 11) is 1.66. The predicted octanol–water partition coefficient (Wildman–Crippen LogP) is 5.04. The van der Waals surface area contributed by atoms with E-state index in [1.165, 1.54) is 5.56 Å². The zero-order valence-electron chi connectivity index (χ0n) is 22.1. The van der Waals surface area contributed by atoms with Crippen LogP contribution in [0.3, 0.4) is 0 Å². The maximum Gasteiger partial charge on any atom is 0.236 e. The molecular weight excluding hydrogens is 454 g/mol. The molecule has 7 nitrogen and oxygen atoms in total. The van der Waals surface area contributed by atoms with Crippen LogP contribution in [-0.2, 0) is 11.2 Å². The Morgan fingerprint density at radius 1 is 1.17 bits per heavy atom. The van der Waals surface area contributed by atoms with Crippen molar-refractivity contribution in [3.8, 4) is 17.2 Å². The molecule has 1 fully saturated rings. The van der Waals surface area contributed by atoms with E-state index >= 15 is 0 Å². The van der Waals surface area contributed by atoms with Gasteiger partial charge in [0, 0.05) is 37.6 Å². The number of carbonyl (C=O) groups excluding carboxylic acids is 1. The number of pyridine rings is 1. The van der Waals surface area contributed by atoms with Crippen LogP contribution < -0.4 is 14.2 Å². The fourth-order valence-electron chi connectivity index (χ4n) is 5.30. The Bertz CT molecular complexity index is 976. The zero-order valence-corrected chi connectivity index (χ0v) is 22.1. The molecule has 3 heterocycles. The molecule has 0 bridgehead atoms. The van der Waals surface area contributed by atoms with Gasteiger partial charge in [-0.15, -0.1) is 0 Å². The van der Waals surface area contributed by atoms with Crippen LogP contribution in [0.5, 0.6) is 17.2 Å². The highest BCUT2D eigenvalue weighted by Crippen LogP contribution is 2.45. The number of unbranched alkanes of at least 4 members (excludes halogenated alkanes) is 2. The fraction of sp³-hybridized carbons (Fsp3) is 0.586. The first-order chi connectivity index (χ1) is 17.6. The summed E-state index contributed by atoms with van der Waals surface area (Å²) in [5, 5.41) is 0. The van der Waals surface area contributed by atoms with Gasteiger partial charge in [0.25, 0.3) is 0 Å². The average Bonchev–Trinajstić information content (AvgIpc) is 3.54. The number of ether oxygens (including phenoxy) is 3. The molecule has 0 aliphatic carbocycles. The molecule has 36 heavy (non-hydrogen) atoms. The number of amides is 1. The van der Waals surface area contributed by atoms with Crippen LogP contribution in [0.25, 0.3) is 0 Å². The highest BCUT2D eigenvalue weighted by atomic mass is 16.7. The molecule has 4 rings (SSSR count). The number of aromatic nitrogens is 1. The lowest BCUT2D eigenvalue weighted by molar-refractivity contribution is -0.132. The number of rotatable bonds is 13. The van der Waals surface area contributed by atoms with Gasteiger partial charge in [0.15, 0.2) is 11.5 Å². The molecule has 2 aromatic rings. The number of likely N-dealkylation sites (tertiary alicyclic amines) is 1. The van der Waals surface area contributed by atoms with Gasteiger partial charge in [-0.1, -0.05) is 32.8 Å². The van der Waals surface area contributed by atoms with Crippen molar-refractivity contribution in [2.45, 2.75) is 70.8 Å². The Balaban J connectivity index is 1.50. The Morgan fingerprint density at radius 2 is 1.97 bits per heavy atom. The third kappa shape index (κ3) is 6.49. The second kappa shape index (κ2) is 12.9. The molecule has 2 atom stereocenters. The van der Waals surface area contributed by atoms with Crippen molar-refractivity contribution in [2.75, 3.05) is 40.1 Å². The first-order valence-corrected chi connectivity index (χ1v) is 13.5. The lowest BCUT2D eigenvalue weighted by Gasteiger charge is -2.28. The van der Waals surface area contributed by atoms with Crippen molar-refractivity contribution in [1.29, 1.82) is 0 Å². The van der Waals surface area contributed by atoms with Crippen molar-refractivity contribution in [3.05, 3.63) is 47.8 Å². The van der Waals surface area contributed by atoms with Crippen molar-refractivity contribution in [2.24, 2.45) is 0 Å². The Morgan fingerprint density at radius 3 is 2.67 bits per heavy atom. The summed E-state index contributed by atoms with van der Waals surface area (Å²) in [6.07, 6.45) is 9.03. The van der Waals surface area contributed by atoms with E-state index in [4.69, 9.17) is 14.2 Å². The lowest BCUT2D eigenvalue weighted by atomic mass is 9.94. The maximum absolute atomic E-state index is 13.4. The van der Waals surface area contributed by atoms with E-state index in [1.54, 1.807) is 7.11 Å². The zero-order chi connectivity index (χ0) is 25.3. The van der Waals surface area contributed by atoms with E-state index in [1.807, 2.05) is 18.3 Å². The molecule has 196 valence electrons. The Kier molecular flexibility index (Phi) is 9.45. The summed E-state index contributed by atoms with van der Waals surface area (Å²) in [4.78, 5) is 22.4. The van der Waals surface area contributed by atoms with Crippen molar-refractivity contribution >= 4 is 5.91 Å².